The van der Waals surface area contributed by atoms with Crippen molar-refractivity contribution in [2.45, 2.75) is 16.3 Å². The summed E-state index contributed by atoms with van der Waals surface area (Å²) in [6.07, 6.45) is 0. The highest BCUT2D eigenvalue weighted by Crippen LogP contribution is 2.36. The van der Waals surface area contributed by atoms with E-state index in [4.69, 9.17) is 0 Å². The van der Waals surface area contributed by atoms with Gasteiger partial charge >= 0.3 is 0 Å². The van der Waals surface area contributed by atoms with Crippen LogP contribution in [0, 0.1) is 0 Å². The maximum Gasteiger partial charge on any atom is 0.251 e. The molecule has 0 saturated carbocycles. The van der Waals surface area contributed by atoms with Crippen LogP contribution in [-0.2, 0) is 6.54 Å². The van der Waals surface area contributed by atoms with Gasteiger partial charge in [0.25, 0.3) is 5.91 Å². The molecule has 1 aromatic heterocycles. The van der Waals surface area contributed by atoms with Crippen LogP contribution >= 0.6 is 11.8 Å². The monoisotopic (exact) mass is 358 g/mol. The molecule has 128 valence electrons. The number of aromatic nitrogens is 1. The molecule has 0 atom stereocenters. The Bertz CT molecular complexity index is 1030. The molecule has 1 heterocycles. The van der Waals surface area contributed by atoms with Gasteiger partial charge in [-0.15, -0.1) is 0 Å². The summed E-state index contributed by atoms with van der Waals surface area (Å²) in [6, 6.07) is 27.8. The minimum absolute atomic E-state index is 0.0695. The summed E-state index contributed by atoms with van der Waals surface area (Å²) in [5.74, 6) is -0.0695. The van der Waals surface area contributed by atoms with Crippen LogP contribution in [0.15, 0.2) is 94.7 Å². The number of rotatable bonds is 5. The minimum Gasteiger partial charge on any atom is -0.356 e. The van der Waals surface area contributed by atoms with Crippen LogP contribution in [0.3, 0.4) is 0 Å². The van der Waals surface area contributed by atoms with Crippen molar-refractivity contribution in [3.63, 3.8) is 0 Å². The Morgan fingerprint density at radius 1 is 0.846 bits per heavy atom. The summed E-state index contributed by atoms with van der Waals surface area (Å²) in [5, 5.41) is 4.19. The van der Waals surface area contributed by atoms with E-state index in [1.807, 2.05) is 60.7 Å². The summed E-state index contributed by atoms with van der Waals surface area (Å²) in [6.45, 7) is 0.456. The van der Waals surface area contributed by atoms with E-state index in [9.17, 15) is 4.79 Å². The molecule has 0 bridgehead atoms. The number of fused-ring (bicyclic) bond motifs is 1. The molecular weight excluding hydrogens is 340 g/mol. The molecule has 26 heavy (non-hydrogen) atoms. The van der Waals surface area contributed by atoms with Crippen LogP contribution < -0.4 is 5.32 Å². The van der Waals surface area contributed by atoms with Gasteiger partial charge in [0.2, 0.25) is 0 Å². The third-order valence-electron chi connectivity index (χ3n) is 4.16. The second-order valence-electron chi connectivity index (χ2n) is 5.94. The highest BCUT2D eigenvalue weighted by Gasteiger charge is 2.14. The van der Waals surface area contributed by atoms with Crippen molar-refractivity contribution in [3.8, 4) is 0 Å². The molecule has 0 aliphatic carbocycles. The largest absolute Gasteiger partial charge is 0.356 e. The lowest BCUT2D eigenvalue weighted by molar-refractivity contribution is 0.0950. The SMILES string of the molecule is O=C(NCc1[nH]c2ccccc2c1Sc1ccccc1)c1ccccc1. The number of aromatic amines is 1. The molecule has 0 radical (unpaired) electrons. The molecule has 3 aromatic carbocycles. The molecule has 0 fully saturated rings. The van der Waals surface area contributed by atoms with Gasteiger partial charge < -0.3 is 10.3 Å². The molecule has 0 aliphatic rings. The number of nitrogens with one attached hydrogen (secondary N) is 2. The van der Waals surface area contributed by atoms with E-state index in [1.165, 1.54) is 10.3 Å². The van der Waals surface area contributed by atoms with Gasteiger partial charge in [-0.2, -0.15) is 0 Å². The van der Waals surface area contributed by atoms with E-state index in [0.717, 1.165) is 16.1 Å². The summed E-state index contributed by atoms with van der Waals surface area (Å²) >= 11 is 1.72. The first-order valence-electron chi connectivity index (χ1n) is 8.47. The van der Waals surface area contributed by atoms with Crippen molar-refractivity contribution in [1.82, 2.24) is 10.3 Å². The average molecular weight is 358 g/mol. The Kier molecular flexibility index (Phi) is 4.75. The predicted molar refractivity (Wildman–Crippen MR) is 106 cm³/mol. The Labute approximate surface area is 156 Å². The maximum absolute atomic E-state index is 12.4. The van der Waals surface area contributed by atoms with E-state index in [2.05, 4.69) is 34.6 Å². The van der Waals surface area contributed by atoms with Crippen LogP contribution in [0.5, 0.6) is 0 Å². The second kappa shape index (κ2) is 7.50. The van der Waals surface area contributed by atoms with Gasteiger partial charge in [0.1, 0.15) is 0 Å². The van der Waals surface area contributed by atoms with Crippen LogP contribution in [-0.4, -0.2) is 10.9 Å². The van der Waals surface area contributed by atoms with Gasteiger partial charge in [0.15, 0.2) is 0 Å². The van der Waals surface area contributed by atoms with Crippen LogP contribution in [0.2, 0.25) is 0 Å². The minimum atomic E-state index is -0.0695. The van der Waals surface area contributed by atoms with Crippen LogP contribution in [0.25, 0.3) is 10.9 Å². The Balaban J connectivity index is 1.62. The van der Waals surface area contributed by atoms with Gasteiger partial charge in [-0.1, -0.05) is 66.4 Å². The van der Waals surface area contributed by atoms with E-state index >= 15 is 0 Å². The molecule has 4 heteroatoms. The fourth-order valence-electron chi connectivity index (χ4n) is 2.88. The average Bonchev–Trinajstić information content (AvgIpc) is 3.05. The number of amides is 1. The fraction of sp³-hybridized carbons (Fsp3) is 0.0455. The molecule has 4 aromatic rings. The van der Waals surface area contributed by atoms with Crippen molar-refractivity contribution >= 4 is 28.6 Å². The summed E-state index contributed by atoms with van der Waals surface area (Å²) < 4.78 is 0. The quantitative estimate of drug-likeness (QED) is 0.512. The molecule has 0 unspecified atom stereocenters. The highest BCUT2D eigenvalue weighted by atomic mass is 32.2. The summed E-state index contributed by atoms with van der Waals surface area (Å²) in [7, 11) is 0. The van der Waals surface area contributed by atoms with Gasteiger partial charge in [-0.05, 0) is 30.3 Å². The third kappa shape index (κ3) is 3.51. The number of hydrogen-bond acceptors (Lipinski definition) is 2. The Hall–Kier alpha value is -2.98. The van der Waals surface area contributed by atoms with Crippen molar-refractivity contribution in [1.29, 1.82) is 0 Å². The third-order valence-corrected chi connectivity index (χ3v) is 5.33. The first kappa shape index (κ1) is 16.5. The first-order chi connectivity index (χ1) is 12.8. The zero-order valence-corrected chi connectivity index (χ0v) is 14.9. The lowest BCUT2D eigenvalue weighted by Gasteiger charge is -2.07. The molecule has 3 nitrogen and oxygen atoms in total. The van der Waals surface area contributed by atoms with E-state index in [-0.39, 0.29) is 5.91 Å². The van der Waals surface area contributed by atoms with E-state index in [1.54, 1.807) is 11.8 Å². The summed E-state index contributed by atoms with van der Waals surface area (Å²) in [4.78, 5) is 18.2. The zero-order valence-electron chi connectivity index (χ0n) is 14.1. The van der Waals surface area contributed by atoms with E-state index in [0.29, 0.717) is 12.1 Å². The zero-order chi connectivity index (χ0) is 17.8. The van der Waals surface area contributed by atoms with Crippen molar-refractivity contribution < 1.29 is 4.79 Å². The normalized spacial score (nSPS) is 10.8. The number of carbonyl (C=O) groups excluding carboxylic acids is 1. The van der Waals surface area contributed by atoms with Gasteiger partial charge in [0.05, 0.1) is 6.54 Å². The number of benzene rings is 3. The van der Waals surface area contributed by atoms with Crippen molar-refractivity contribution in [2.75, 3.05) is 0 Å². The van der Waals surface area contributed by atoms with Gasteiger partial charge in [-0.3, -0.25) is 4.79 Å². The molecule has 0 spiro atoms. The molecule has 2 N–H and O–H groups in total. The molecule has 1 amide bonds. The van der Waals surface area contributed by atoms with Crippen molar-refractivity contribution in [2.24, 2.45) is 0 Å². The van der Waals surface area contributed by atoms with Crippen LogP contribution in [0.4, 0.5) is 0 Å². The standard InChI is InChI=1S/C22H18N2OS/c25-22(16-9-3-1-4-10-16)23-15-20-21(26-17-11-5-2-6-12-17)18-13-7-8-14-19(18)24-20/h1-14,24H,15H2,(H,23,25). The molecule has 0 saturated heterocycles. The van der Waals surface area contributed by atoms with Crippen molar-refractivity contribution in [3.05, 3.63) is 96.2 Å². The molecular formula is C22H18N2OS. The molecule has 0 aliphatic heterocycles. The lowest BCUT2D eigenvalue weighted by Crippen LogP contribution is -2.23. The Morgan fingerprint density at radius 2 is 1.50 bits per heavy atom. The smallest absolute Gasteiger partial charge is 0.251 e. The number of para-hydroxylation sites is 1. The maximum atomic E-state index is 12.4. The summed E-state index contributed by atoms with van der Waals surface area (Å²) in [5.41, 5.74) is 2.76. The second-order valence-corrected chi connectivity index (χ2v) is 7.03. The number of hydrogen-bond donors (Lipinski definition) is 2. The number of carbonyl (C=O) groups is 1. The van der Waals surface area contributed by atoms with Gasteiger partial charge in [-0.25, -0.2) is 0 Å². The molecule has 4 rings (SSSR count). The Morgan fingerprint density at radius 3 is 2.27 bits per heavy atom. The lowest BCUT2D eigenvalue weighted by atomic mass is 10.2. The van der Waals surface area contributed by atoms with E-state index < -0.39 is 0 Å². The topological polar surface area (TPSA) is 44.9 Å². The predicted octanol–water partition coefficient (Wildman–Crippen LogP) is 5.25. The first-order valence-corrected chi connectivity index (χ1v) is 9.28. The fourth-order valence-corrected chi connectivity index (χ4v) is 3.94. The van der Waals surface area contributed by atoms with Crippen LogP contribution in [0.1, 0.15) is 16.1 Å². The highest BCUT2D eigenvalue weighted by molar-refractivity contribution is 7.99. The van der Waals surface area contributed by atoms with Gasteiger partial charge in [0, 0.05) is 32.0 Å². The number of H-pyrrole nitrogens is 1.